The first-order valence-corrected chi connectivity index (χ1v) is 13.0. The quantitative estimate of drug-likeness (QED) is 0.359. The lowest BCUT2D eigenvalue weighted by atomic mass is 10.1. The summed E-state index contributed by atoms with van der Waals surface area (Å²) >= 11 is 1.32. The maximum absolute atomic E-state index is 12.7. The van der Waals surface area contributed by atoms with E-state index < -0.39 is 10.0 Å². The Morgan fingerprint density at radius 3 is 2.39 bits per heavy atom. The van der Waals surface area contributed by atoms with Gasteiger partial charge >= 0.3 is 0 Å². The Labute approximate surface area is 186 Å². The summed E-state index contributed by atoms with van der Waals surface area (Å²) in [5, 5.41) is 5.21. The Kier molecular flexibility index (Phi) is 6.15. The summed E-state index contributed by atoms with van der Waals surface area (Å²) in [7, 11) is -3.35. The Morgan fingerprint density at radius 2 is 1.81 bits per heavy atom. The average Bonchev–Trinajstić information content (AvgIpc) is 3.52. The van der Waals surface area contributed by atoms with E-state index in [-0.39, 0.29) is 11.5 Å². The summed E-state index contributed by atoms with van der Waals surface area (Å²) in [6.07, 6.45) is 3.40. The zero-order valence-electron chi connectivity index (χ0n) is 17.4. The van der Waals surface area contributed by atoms with E-state index in [1.165, 1.54) is 22.3 Å². The van der Waals surface area contributed by atoms with Gasteiger partial charge in [-0.25, -0.2) is 18.1 Å². The van der Waals surface area contributed by atoms with Crippen molar-refractivity contribution in [3.8, 4) is 5.69 Å². The van der Waals surface area contributed by atoms with E-state index in [9.17, 15) is 13.2 Å². The van der Waals surface area contributed by atoms with E-state index in [1.807, 2.05) is 35.0 Å². The molecule has 0 N–H and O–H groups in total. The molecule has 1 saturated carbocycles. The first-order valence-electron chi connectivity index (χ1n) is 10.1. The molecule has 0 atom stereocenters. The molecule has 4 rings (SSSR count). The normalized spacial score (nSPS) is 13.9. The van der Waals surface area contributed by atoms with Crippen LogP contribution in [0.15, 0.2) is 59.8 Å². The van der Waals surface area contributed by atoms with Crippen molar-refractivity contribution < 1.29 is 13.2 Å². The van der Waals surface area contributed by atoms with E-state index in [4.69, 9.17) is 0 Å². The van der Waals surface area contributed by atoms with E-state index in [0.717, 1.165) is 24.4 Å². The second kappa shape index (κ2) is 8.84. The third-order valence-corrected chi connectivity index (χ3v) is 7.16. The molecule has 3 aromatic rings. The number of benzene rings is 2. The lowest BCUT2D eigenvalue weighted by molar-refractivity contribution is 0.102. The highest BCUT2D eigenvalue weighted by Crippen LogP contribution is 2.40. The van der Waals surface area contributed by atoms with Crippen LogP contribution < -0.4 is 4.31 Å². The summed E-state index contributed by atoms with van der Waals surface area (Å²) in [5.74, 6) is 1.54. The van der Waals surface area contributed by atoms with Gasteiger partial charge in [0, 0.05) is 18.0 Å². The predicted octanol–water partition coefficient (Wildman–Crippen LogP) is 3.91. The van der Waals surface area contributed by atoms with Crippen molar-refractivity contribution in [2.45, 2.75) is 30.8 Å². The third-order valence-electron chi connectivity index (χ3n) is 5.05. The van der Waals surface area contributed by atoms with Crippen molar-refractivity contribution in [3.63, 3.8) is 0 Å². The SMILES string of the molecule is CCN(c1ccc(C(=O)CSc2nc(C3CC3)n(-c3ccccc3)n2)cc1)S(C)(=O)=O. The highest BCUT2D eigenvalue weighted by molar-refractivity contribution is 7.99. The van der Waals surface area contributed by atoms with E-state index >= 15 is 0 Å². The second-order valence-electron chi connectivity index (χ2n) is 7.46. The van der Waals surface area contributed by atoms with Crippen molar-refractivity contribution in [3.05, 3.63) is 66.0 Å². The highest BCUT2D eigenvalue weighted by Gasteiger charge is 2.30. The second-order valence-corrected chi connectivity index (χ2v) is 10.3. The lowest BCUT2D eigenvalue weighted by Crippen LogP contribution is -2.29. The van der Waals surface area contributed by atoms with Crippen LogP contribution in [0.4, 0.5) is 5.69 Å². The third kappa shape index (κ3) is 4.99. The molecule has 1 heterocycles. The summed E-state index contributed by atoms with van der Waals surface area (Å²) in [6, 6.07) is 16.6. The van der Waals surface area contributed by atoms with Crippen LogP contribution in [0.5, 0.6) is 0 Å². The molecule has 0 saturated heterocycles. The van der Waals surface area contributed by atoms with Gasteiger partial charge in [-0.2, -0.15) is 0 Å². The maximum Gasteiger partial charge on any atom is 0.232 e. The maximum atomic E-state index is 12.7. The molecular weight excluding hydrogens is 432 g/mol. The molecule has 0 spiro atoms. The largest absolute Gasteiger partial charge is 0.293 e. The van der Waals surface area contributed by atoms with Gasteiger partial charge < -0.3 is 0 Å². The number of hydrogen-bond donors (Lipinski definition) is 0. The minimum absolute atomic E-state index is 0.0528. The molecule has 1 aliphatic carbocycles. The molecule has 0 unspecified atom stereocenters. The number of aromatic nitrogens is 3. The van der Waals surface area contributed by atoms with Crippen molar-refractivity contribution in [2.24, 2.45) is 0 Å². The van der Waals surface area contributed by atoms with E-state index in [1.54, 1.807) is 31.2 Å². The number of Topliss-reactive ketones (excluding diaryl/α,β-unsaturated/α-hetero) is 1. The summed E-state index contributed by atoms with van der Waals surface area (Å²) in [4.78, 5) is 17.3. The van der Waals surface area contributed by atoms with Crippen LogP contribution in [0.2, 0.25) is 0 Å². The molecule has 0 radical (unpaired) electrons. The minimum Gasteiger partial charge on any atom is -0.293 e. The number of carbonyl (C=O) groups is 1. The topological polar surface area (TPSA) is 85.2 Å². The van der Waals surface area contributed by atoms with Gasteiger partial charge in [-0.15, -0.1) is 5.10 Å². The molecule has 31 heavy (non-hydrogen) atoms. The van der Waals surface area contributed by atoms with Gasteiger partial charge in [-0.05, 0) is 56.2 Å². The number of sulfonamides is 1. The lowest BCUT2D eigenvalue weighted by Gasteiger charge is -2.20. The molecule has 162 valence electrons. The van der Waals surface area contributed by atoms with Gasteiger partial charge in [0.2, 0.25) is 15.2 Å². The number of ketones is 1. The molecule has 9 heteroatoms. The molecule has 1 aromatic heterocycles. The van der Waals surface area contributed by atoms with E-state index in [2.05, 4.69) is 10.1 Å². The molecule has 1 fully saturated rings. The van der Waals surface area contributed by atoms with Gasteiger partial charge in [0.15, 0.2) is 5.78 Å². The molecule has 0 amide bonds. The van der Waals surface area contributed by atoms with Crippen LogP contribution in [0, 0.1) is 0 Å². The zero-order valence-corrected chi connectivity index (χ0v) is 19.1. The summed E-state index contributed by atoms with van der Waals surface area (Å²) in [5.41, 5.74) is 2.05. The fraction of sp³-hybridized carbons (Fsp3) is 0.318. The molecule has 1 aliphatic rings. The molecular formula is C22H24N4O3S2. The van der Waals surface area contributed by atoms with Gasteiger partial charge in [0.1, 0.15) is 5.82 Å². The van der Waals surface area contributed by atoms with Crippen molar-refractivity contribution in [1.29, 1.82) is 0 Å². The summed E-state index contributed by atoms with van der Waals surface area (Å²) < 4.78 is 26.9. The van der Waals surface area contributed by atoms with Crippen LogP contribution in [0.3, 0.4) is 0 Å². The smallest absolute Gasteiger partial charge is 0.232 e. The standard InChI is InChI=1S/C22H24N4O3S2/c1-3-25(31(2,28)29)18-13-11-16(12-14-18)20(27)15-30-22-23-21(17-9-10-17)26(24-22)19-7-5-4-6-8-19/h4-8,11-14,17H,3,9-10,15H2,1-2H3. The summed E-state index contributed by atoms with van der Waals surface area (Å²) in [6.45, 7) is 2.11. The Hall–Kier alpha value is -2.65. The molecule has 2 aromatic carbocycles. The van der Waals surface area contributed by atoms with Crippen LogP contribution >= 0.6 is 11.8 Å². The number of hydrogen-bond acceptors (Lipinski definition) is 6. The van der Waals surface area contributed by atoms with Crippen molar-refractivity contribution >= 4 is 33.3 Å². The number of carbonyl (C=O) groups excluding carboxylic acids is 1. The van der Waals surface area contributed by atoms with Crippen LogP contribution in [0.1, 0.15) is 41.9 Å². The number of para-hydroxylation sites is 1. The van der Waals surface area contributed by atoms with Crippen molar-refractivity contribution in [1.82, 2.24) is 14.8 Å². The number of anilines is 1. The van der Waals surface area contributed by atoms with Crippen molar-refractivity contribution in [2.75, 3.05) is 22.9 Å². The molecule has 7 nitrogen and oxygen atoms in total. The number of rotatable bonds is 9. The van der Waals surface area contributed by atoms with Gasteiger partial charge in [0.25, 0.3) is 0 Å². The van der Waals surface area contributed by atoms with Crippen LogP contribution in [-0.2, 0) is 10.0 Å². The molecule has 0 aliphatic heterocycles. The van der Waals surface area contributed by atoms with E-state index in [0.29, 0.717) is 28.9 Å². The molecule has 0 bridgehead atoms. The number of thioether (sulfide) groups is 1. The monoisotopic (exact) mass is 456 g/mol. The average molecular weight is 457 g/mol. The highest BCUT2D eigenvalue weighted by atomic mass is 32.2. The fourth-order valence-electron chi connectivity index (χ4n) is 3.37. The predicted molar refractivity (Wildman–Crippen MR) is 123 cm³/mol. The van der Waals surface area contributed by atoms with Crippen LogP contribution in [-0.4, -0.2) is 47.5 Å². The van der Waals surface area contributed by atoms with Gasteiger partial charge in [0.05, 0.1) is 23.4 Å². The van der Waals surface area contributed by atoms with Gasteiger partial charge in [-0.3, -0.25) is 9.10 Å². The fourth-order valence-corrected chi connectivity index (χ4v) is 5.06. The van der Waals surface area contributed by atoms with Crippen LogP contribution in [0.25, 0.3) is 5.69 Å². The zero-order chi connectivity index (χ0) is 22.0. The first-order chi connectivity index (χ1) is 14.9. The number of nitrogens with zero attached hydrogens (tertiary/aromatic N) is 4. The first kappa shape index (κ1) is 21.6. The van der Waals surface area contributed by atoms with Gasteiger partial charge in [-0.1, -0.05) is 30.0 Å². The minimum atomic E-state index is -3.35. The Morgan fingerprint density at radius 1 is 1.13 bits per heavy atom. The Balaban J connectivity index is 1.46. The Bertz CT molecular complexity index is 1170.